The van der Waals surface area contributed by atoms with Crippen LogP contribution in [-0.2, 0) is 0 Å². The molecule has 0 unspecified atom stereocenters. The summed E-state index contributed by atoms with van der Waals surface area (Å²) in [6, 6.07) is 51.5. The van der Waals surface area contributed by atoms with Crippen LogP contribution in [0.25, 0.3) is 85.9 Å². The van der Waals surface area contributed by atoms with Crippen LogP contribution in [-0.4, -0.2) is 9.13 Å². The Balaban J connectivity index is 1.45. The van der Waals surface area contributed by atoms with Gasteiger partial charge in [0.2, 0.25) is 0 Å². The van der Waals surface area contributed by atoms with Crippen molar-refractivity contribution < 1.29 is 0 Å². The van der Waals surface area contributed by atoms with Crippen LogP contribution in [0.15, 0.2) is 140 Å². The third-order valence-corrected chi connectivity index (χ3v) is 10.5. The maximum atomic E-state index is 2.51. The number of hydrogen-bond acceptors (Lipinski definition) is 1. The Labute approximate surface area is 257 Å². The lowest BCUT2D eigenvalue weighted by molar-refractivity contribution is 1.17. The first-order chi connectivity index (χ1) is 21.8. The SMILES string of the molecule is Cc1cccc(-n2c3ccccc3c3c4c5ccccc5n(-c5ccc6c(c5)sc5ccccc56)c4c4ccccc4c32)c1. The molecular formula is C41H26N2S. The third kappa shape index (κ3) is 3.14. The zero-order valence-electron chi connectivity index (χ0n) is 24.1. The Morgan fingerprint density at radius 2 is 0.932 bits per heavy atom. The van der Waals surface area contributed by atoms with Gasteiger partial charge in [0.25, 0.3) is 0 Å². The second kappa shape index (κ2) is 8.82. The maximum Gasteiger partial charge on any atom is 0.0627 e. The summed E-state index contributed by atoms with van der Waals surface area (Å²) in [5.74, 6) is 0. The second-order valence-electron chi connectivity index (χ2n) is 11.8. The highest BCUT2D eigenvalue weighted by Crippen LogP contribution is 2.47. The normalized spacial score (nSPS) is 12.2. The van der Waals surface area contributed by atoms with Crippen molar-refractivity contribution >= 4 is 85.9 Å². The van der Waals surface area contributed by atoms with E-state index in [-0.39, 0.29) is 0 Å². The second-order valence-corrected chi connectivity index (χ2v) is 12.9. The Morgan fingerprint density at radius 3 is 1.57 bits per heavy atom. The van der Waals surface area contributed by atoms with Gasteiger partial charge in [-0.25, -0.2) is 0 Å². The number of thiophene rings is 1. The number of rotatable bonds is 2. The fourth-order valence-corrected chi connectivity index (χ4v) is 8.69. The molecule has 3 heteroatoms. The molecule has 0 atom stereocenters. The molecule has 7 aromatic carbocycles. The van der Waals surface area contributed by atoms with Gasteiger partial charge in [0.05, 0.1) is 22.1 Å². The van der Waals surface area contributed by atoms with Crippen molar-refractivity contribution in [2.45, 2.75) is 6.92 Å². The molecular weight excluding hydrogens is 553 g/mol. The van der Waals surface area contributed by atoms with Gasteiger partial charge < -0.3 is 9.13 Å². The van der Waals surface area contributed by atoms with E-state index in [0.29, 0.717) is 0 Å². The van der Waals surface area contributed by atoms with Gasteiger partial charge in [0.15, 0.2) is 0 Å². The van der Waals surface area contributed by atoms with Gasteiger partial charge in [0.1, 0.15) is 0 Å². The molecule has 0 bridgehead atoms. The summed E-state index contributed by atoms with van der Waals surface area (Å²) in [7, 11) is 0. The Bertz CT molecular complexity index is 2790. The van der Waals surface area contributed by atoms with E-state index in [0.717, 1.165) is 0 Å². The molecule has 0 saturated carbocycles. The third-order valence-electron chi connectivity index (χ3n) is 9.32. The van der Waals surface area contributed by atoms with Gasteiger partial charge in [-0.15, -0.1) is 11.3 Å². The summed E-state index contributed by atoms with van der Waals surface area (Å²) in [6.07, 6.45) is 0. The number of hydrogen-bond donors (Lipinski definition) is 0. The van der Waals surface area contributed by atoms with Gasteiger partial charge in [-0.1, -0.05) is 97.1 Å². The van der Waals surface area contributed by atoms with Crippen LogP contribution in [0.2, 0.25) is 0 Å². The van der Waals surface area contributed by atoms with Crippen molar-refractivity contribution in [3.63, 3.8) is 0 Å². The molecule has 3 aromatic heterocycles. The average Bonchev–Trinajstić information content (AvgIpc) is 3.72. The number of benzene rings is 7. The molecule has 0 spiro atoms. The van der Waals surface area contributed by atoms with E-state index < -0.39 is 0 Å². The van der Waals surface area contributed by atoms with Gasteiger partial charge in [-0.2, -0.15) is 0 Å². The number of aryl methyl sites for hydroxylation is 1. The van der Waals surface area contributed by atoms with Gasteiger partial charge in [-0.05, 0) is 55.0 Å². The largest absolute Gasteiger partial charge is 0.309 e. The van der Waals surface area contributed by atoms with Crippen molar-refractivity contribution in [1.29, 1.82) is 0 Å². The van der Waals surface area contributed by atoms with E-state index in [1.165, 1.54) is 91.5 Å². The molecule has 0 aliphatic carbocycles. The Morgan fingerprint density at radius 1 is 0.409 bits per heavy atom. The molecule has 44 heavy (non-hydrogen) atoms. The zero-order chi connectivity index (χ0) is 28.9. The molecule has 10 rings (SSSR count). The minimum atomic E-state index is 1.19. The molecule has 0 amide bonds. The molecule has 0 fully saturated rings. The Hall–Kier alpha value is -5.38. The summed E-state index contributed by atoms with van der Waals surface area (Å²) < 4.78 is 7.64. The summed E-state index contributed by atoms with van der Waals surface area (Å²) >= 11 is 1.88. The fourth-order valence-electron chi connectivity index (χ4n) is 7.55. The highest BCUT2D eigenvalue weighted by atomic mass is 32.1. The van der Waals surface area contributed by atoms with Crippen LogP contribution in [0.1, 0.15) is 5.56 Å². The number of nitrogens with zero attached hydrogens (tertiary/aromatic N) is 2. The molecule has 3 heterocycles. The summed E-state index contributed by atoms with van der Waals surface area (Å²) in [5, 5.41) is 10.4. The van der Waals surface area contributed by atoms with E-state index in [1.807, 2.05) is 11.3 Å². The number of aromatic nitrogens is 2. The van der Waals surface area contributed by atoms with Crippen LogP contribution in [0.3, 0.4) is 0 Å². The van der Waals surface area contributed by atoms with E-state index in [9.17, 15) is 0 Å². The lowest BCUT2D eigenvalue weighted by Crippen LogP contribution is -1.97. The minimum absolute atomic E-state index is 1.19. The van der Waals surface area contributed by atoms with Crippen LogP contribution < -0.4 is 0 Å². The van der Waals surface area contributed by atoms with Crippen LogP contribution >= 0.6 is 11.3 Å². The van der Waals surface area contributed by atoms with Crippen LogP contribution in [0.4, 0.5) is 0 Å². The number of para-hydroxylation sites is 2. The first kappa shape index (κ1) is 24.1. The predicted octanol–water partition coefficient (Wildman–Crippen LogP) is 11.7. The fraction of sp³-hybridized carbons (Fsp3) is 0.0244. The molecule has 0 saturated heterocycles. The molecule has 206 valence electrons. The lowest BCUT2D eigenvalue weighted by atomic mass is 9.99. The first-order valence-corrected chi connectivity index (χ1v) is 15.9. The summed E-state index contributed by atoms with van der Waals surface area (Å²) in [5.41, 5.74) is 8.64. The van der Waals surface area contributed by atoms with E-state index in [1.54, 1.807) is 0 Å². The minimum Gasteiger partial charge on any atom is -0.309 e. The predicted molar refractivity (Wildman–Crippen MR) is 190 cm³/mol. The zero-order valence-corrected chi connectivity index (χ0v) is 24.9. The van der Waals surface area contributed by atoms with E-state index >= 15 is 0 Å². The van der Waals surface area contributed by atoms with Crippen molar-refractivity contribution in [2.75, 3.05) is 0 Å². The molecule has 0 aliphatic rings. The highest BCUT2D eigenvalue weighted by molar-refractivity contribution is 7.25. The van der Waals surface area contributed by atoms with Gasteiger partial charge in [0, 0.05) is 63.9 Å². The average molecular weight is 579 g/mol. The summed E-state index contributed by atoms with van der Waals surface area (Å²) in [4.78, 5) is 0. The van der Waals surface area contributed by atoms with Crippen LogP contribution in [0, 0.1) is 6.92 Å². The topological polar surface area (TPSA) is 9.86 Å². The smallest absolute Gasteiger partial charge is 0.0627 e. The molecule has 0 radical (unpaired) electrons. The standard InChI is InChI=1S/C41H26N2S/c1-25-11-10-12-26(23-25)42-34-18-7-4-16-32(34)38-39-33-17-5-8-19-35(33)43(41(39)31-15-3-2-14-30(31)40(38)42)27-21-22-29-28-13-6-9-20-36(28)44-37(29)24-27/h2-24H,1H3. The maximum absolute atomic E-state index is 2.51. The van der Waals surface area contributed by atoms with Gasteiger partial charge in [-0.3, -0.25) is 0 Å². The molecule has 10 aromatic rings. The quantitative estimate of drug-likeness (QED) is 0.193. The van der Waals surface area contributed by atoms with Crippen molar-refractivity contribution in [1.82, 2.24) is 9.13 Å². The first-order valence-electron chi connectivity index (χ1n) is 15.1. The number of fused-ring (bicyclic) bond motifs is 13. The molecule has 2 nitrogen and oxygen atoms in total. The lowest BCUT2D eigenvalue weighted by Gasteiger charge is -2.13. The van der Waals surface area contributed by atoms with Crippen molar-refractivity contribution in [3.05, 3.63) is 145 Å². The van der Waals surface area contributed by atoms with E-state index in [2.05, 4.69) is 156 Å². The molecule has 0 aliphatic heterocycles. The van der Waals surface area contributed by atoms with Gasteiger partial charge >= 0.3 is 0 Å². The summed E-state index contributed by atoms with van der Waals surface area (Å²) in [6.45, 7) is 2.18. The highest BCUT2D eigenvalue weighted by Gasteiger charge is 2.24. The Kier molecular flexibility index (Phi) is 4.83. The molecule has 0 N–H and O–H groups in total. The van der Waals surface area contributed by atoms with E-state index in [4.69, 9.17) is 0 Å². The monoisotopic (exact) mass is 578 g/mol. The van der Waals surface area contributed by atoms with Crippen LogP contribution in [0.5, 0.6) is 0 Å². The van der Waals surface area contributed by atoms with Crippen molar-refractivity contribution in [3.8, 4) is 11.4 Å². The van der Waals surface area contributed by atoms with Crippen molar-refractivity contribution in [2.24, 2.45) is 0 Å².